The topological polar surface area (TPSA) is 112 Å². The molecule has 0 unspecified atom stereocenters. The summed E-state index contributed by atoms with van der Waals surface area (Å²) in [5.41, 5.74) is -0.210. The van der Waals surface area contributed by atoms with Crippen molar-refractivity contribution >= 4 is 11.7 Å². The number of nitrogens with zero attached hydrogens (tertiary/aromatic N) is 2. The number of carbonyl (C=O) groups excluding carboxylic acids is 1. The Balaban J connectivity index is 1.51. The predicted molar refractivity (Wildman–Crippen MR) is 97.7 cm³/mol. The largest absolute Gasteiger partial charge is 0.386 e. The summed E-state index contributed by atoms with van der Waals surface area (Å²) in [7, 11) is 0. The van der Waals surface area contributed by atoms with E-state index in [1.807, 2.05) is 0 Å². The summed E-state index contributed by atoms with van der Waals surface area (Å²) in [6.45, 7) is 3.69. The summed E-state index contributed by atoms with van der Waals surface area (Å²) in [5, 5.41) is 13.2. The highest BCUT2D eigenvalue weighted by atomic mass is 16.8. The van der Waals surface area contributed by atoms with Gasteiger partial charge in [-0.15, -0.1) is 0 Å². The maximum Gasteiger partial charge on any atom is 0.351 e. The number of carbonyl (C=O) groups is 1. The molecule has 2 fully saturated rings. The lowest BCUT2D eigenvalue weighted by atomic mass is 10.0. The van der Waals surface area contributed by atoms with E-state index in [0.29, 0.717) is 5.56 Å². The molecule has 0 bridgehead atoms. The fraction of sp³-hybridized carbons (Fsp3) is 0.421. The molecule has 0 saturated carbocycles. The average molecular weight is 387 g/mol. The van der Waals surface area contributed by atoms with Crippen molar-refractivity contribution in [3.63, 3.8) is 0 Å². The fourth-order valence-electron chi connectivity index (χ4n) is 3.43. The van der Waals surface area contributed by atoms with E-state index in [-0.39, 0.29) is 18.3 Å². The van der Waals surface area contributed by atoms with E-state index in [1.165, 1.54) is 16.8 Å². The summed E-state index contributed by atoms with van der Waals surface area (Å²) in [5.74, 6) is -1.09. The average Bonchev–Trinajstić information content (AvgIpc) is 2.99. The first-order valence-electron chi connectivity index (χ1n) is 8.95. The molecule has 0 spiro atoms. The molecule has 2 aliphatic rings. The third-order valence-corrected chi connectivity index (χ3v) is 4.66. The Morgan fingerprint density at radius 2 is 2.00 bits per heavy atom. The summed E-state index contributed by atoms with van der Waals surface area (Å²) in [6, 6.07) is 10.1. The molecule has 1 aromatic carbocycles. The van der Waals surface area contributed by atoms with Crippen molar-refractivity contribution in [2.45, 2.75) is 44.2 Å². The van der Waals surface area contributed by atoms with Gasteiger partial charge in [-0.2, -0.15) is 4.98 Å². The van der Waals surface area contributed by atoms with Gasteiger partial charge in [-0.3, -0.25) is 9.36 Å². The number of anilines is 1. The standard InChI is InChI=1S/C19H21N3O6/c1-19(2)27-12-10-26-17(14(23)15(12)28-19)22-9-8-13(21-18(22)25)20-16(24)11-6-4-3-5-7-11/h3-9,12,14-15,17,23H,10H2,1-2H3,(H,20,21,24,25)/t12-,14+,15-,17+/m0/s1. The van der Waals surface area contributed by atoms with Crippen LogP contribution < -0.4 is 11.0 Å². The van der Waals surface area contributed by atoms with Gasteiger partial charge in [-0.1, -0.05) is 18.2 Å². The quantitative estimate of drug-likeness (QED) is 0.805. The maximum absolute atomic E-state index is 12.5. The van der Waals surface area contributed by atoms with Crippen molar-refractivity contribution in [1.29, 1.82) is 0 Å². The third kappa shape index (κ3) is 3.57. The number of ether oxygens (including phenoxy) is 3. The first-order valence-corrected chi connectivity index (χ1v) is 8.95. The van der Waals surface area contributed by atoms with Crippen LogP contribution in [0.2, 0.25) is 0 Å². The summed E-state index contributed by atoms with van der Waals surface area (Å²) in [4.78, 5) is 28.5. The molecule has 2 aromatic rings. The molecule has 148 valence electrons. The van der Waals surface area contributed by atoms with Gasteiger partial charge in [0.2, 0.25) is 0 Å². The van der Waals surface area contributed by atoms with Crippen molar-refractivity contribution in [2.24, 2.45) is 0 Å². The molecular formula is C19H21N3O6. The molecule has 4 atom stereocenters. The van der Waals surface area contributed by atoms with Gasteiger partial charge in [-0.05, 0) is 32.0 Å². The van der Waals surface area contributed by atoms with Crippen LogP contribution in [-0.2, 0) is 14.2 Å². The molecule has 1 aromatic heterocycles. The molecule has 3 heterocycles. The second kappa shape index (κ2) is 7.10. The normalized spacial score (nSPS) is 28.5. The Bertz CT molecular complexity index is 929. The lowest BCUT2D eigenvalue weighted by Crippen LogP contribution is -2.51. The zero-order chi connectivity index (χ0) is 19.9. The van der Waals surface area contributed by atoms with Crippen molar-refractivity contribution < 1.29 is 24.1 Å². The van der Waals surface area contributed by atoms with Crippen LogP contribution >= 0.6 is 0 Å². The van der Waals surface area contributed by atoms with Crippen LogP contribution in [0.4, 0.5) is 5.82 Å². The number of hydrogen-bond acceptors (Lipinski definition) is 7. The number of fused-ring (bicyclic) bond motifs is 1. The Hall–Kier alpha value is -2.59. The van der Waals surface area contributed by atoms with E-state index in [4.69, 9.17) is 14.2 Å². The van der Waals surface area contributed by atoms with E-state index < -0.39 is 36.0 Å². The first-order chi connectivity index (χ1) is 13.3. The molecule has 2 saturated heterocycles. The maximum atomic E-state index is 12.5. The molecular weight excluding hydrogens is 366 g/mol. The van der Waals surface area contributed by atoms with Crippen LogP contribution in [0.25, 0.3) is 0 Å². The van der Waals surface area contributed by atoms with Crippen LogP contribution in [0.5, 0.6) is 0 Å². The van der Waals surface area contributed by atoms with Crippen molar-refractivity contribution in [1.82, 2.24) is 9.55 Å². The zero-order valence-electron chi connectivity index (χ0n) is 15.4. The fourth-order valence-corrected chi connectivity index (χ4v) is 3.43. The number of nitrogens with one attached hydrogen (secondary N) is 1. The van der Waals surface area contributed by atoms with Gasteiger partial charge >= 0.3 is 5.69 Å². The minimum Gasteiger partial charge on any atom is -0.386 e. The SMILES string of the molecule is CC1(C)O[C@@H]2[C@@H](O)[C@H](n3ccc(NC(=O)c4ccccc4)nc3=O)OC[C@@H]2O1. The van der Waals surface area contributed by atoms with Gasteiger partial charge in [0, 0.05) is 11.8 Å². The van der Waals surface area contributed by atoms with Crippen LogP contribution in [0.15, 0.2) is 47.4 Å². The van der Waals surface area contributed by atoms with Gasteiger partial charge in [0.05, 0.1) is 6.61 Å². The Kier molecular flexibility index (Phi) is 4.76. The number of aliphatic hydroxyl groups excluding tert-OH is 1. The van der Waals surface area contributed by atoms with Gasteiger partial charge in [0.15, 0.2) is 12.0 Å². The minimum absolute atomic E-state index is 0.111. The van der Waals surface area contributed by atoms with E-state index in [1.54, 1.807) is 44.2 Å². The van der Waals surface area contributed by atoms with Crippen molar-refractivity contribution in [3.8, 4) is 0 Å². The van der Waals surface area contributed by atoms with E-state index in [2.05, 4.69) is 10.3 Å². The Labute approximate surface area is 160 Å². The third-order valence-electron chi connectivity index (χ3n) is 4.66. The molecule has 2 aliphatic heterocycles. The van der Waals surface area contributed by atoms with Crippen LogP contribution in [0.3, 0.4) is 0 Å². The summed E-state index contributed by atoms with van der Waals surface area (Å²) < 4.78 is 18.2. The Morgan fingerprint density at radius 1 is 1.25 bits per heavy atom. The minimum atomic E-state index is -1.11. The predicted octanol–water partition coefficient (Wildman–Crippen LogP) is 0.905. The second-order valence-corrected chi connectivity index (χ2v) is 7.18. The smallest absolute Gasteiger partial charge is 0.351 e. The van der Waals surface area contributed by atoms with Gasteiger partial charge in [0.1, 0.15) is 24.1 Å². The lowest BCUT2D eigenvalue weighted by Gasteiger charge is -2.35. The highest BCUT2D eigenvalue weighted by Crippen LogP contribution is 2.36. The first kappa shape index (κ1) is 18.8. The molecule has 28 heavy (non-hydrogen) atoms. The molecule has 1 amide bonds. The van der Waals surface area contributed by atoms with Crippen molar-refractivity contribution in [3.05, 3.63) is 58.6 Å². The monoisotopic (exact) mass is 387 g/mol. The second-order valence-electron chi connectivity index (χ2n) is 7.18. The summed E-state index contributed by atoms with van der Waals surface area (Å²) in [6.07, 6.45) is -1.67. The van der Waals surface area contributed by atoms with Crippen LogP contribution in [0, 0.1) is 0 Å². The van der Waals surface area contributed by atoms with E-state index in [0.717, 1.165) is 0 Å². The number of aromatic nitrogens is 2. The van der Waals surface area contributed by atoms with E-state index in [9.17, 15) is 14.7 Å². The van der Waals surface area contributed by atoms with Gasteiger partial charge < -0.3 is 24.6 Å². The number of aliphatic hydroxyl groups is 1. The zero-order valence-corrected chi connectivity index (χ0v) is 15.4. The molecule has 2 N–H and O–H groups in total. The molecule has 4 rings (SSSR count). The molecule has 9 heteroatoms. The van der Waals surface area contributed by atoms with Gasteiger partial charge in [-0.25, -0.2) is 4.79 Å². The molecule has 0 aliphatic carbocycles. The van der Waals surface area contributed by atoms with Gasteiger partial charge in [0.25, 0.3) is 5.91 Å². The van der Waals surface area contributed by atoms with Crippen LogP contribution in [0.1, 0.15) is 30.4 Å². The number of amides is 1. The highest BCUT2D eigenvalue weighted by molar-refractivity contribution is 6.03. The number of benzene rings is 1. The van der Waals surface area contributed by atoms with Crippen LogP contribution in [-0.4, -0.2) is 51.3 Å². The lowest BCUT2D eigenvalue weighted by molar-refractivity contribution is -0.183. The Morgan fingerprint density at radius 3 is 2.71 bits per heavy atom. The van der Waals surface area contributed by atoms with E-state index >= 15 is 0 Å². The molecule has 0 radical (unpaired) electrons. The van der Waals surface area contributed by atoms with Crippen molar-refractivity contribution in [2.75, 3.05) is 11.9 Å². The number of hydrogen-bond donors (Lipinski definition) is 2. The number of rotatable bonds is 3. The highest BCUT2D eigenvalue weighted by Gasteiger charge is 2.51. The molecule has 9 nitrogen and oxygen atoms in total. The summed E-state index contributed by atoms with van der Waals surface area (Å²) >= 11 is 0.